The van der Waals surface area contributed by atoms with Crippen molar-refractivity contribution >= 4 is 23.4 Å². The minimum atomic E-state index is -0.412. The molecule has 0 bridgehead atoms. The smallest absolute Gasteiger partial charge is 0.245 e. The predicted octanol–water partition coefficient (Wildman–Crippen LogP) is 1.89. The van der Waals surface area contributed by atoms with Crippen molar-refractivity contribution in [3.63, 3.8) is 0 Å². The molecule has 4 nitrogen and oxygen atoms in total. The van der Waals surface area contributed by atoms with Gasteiger partial charge >= 0.3 is 0 Å². The third kappa shape index (κ3) is 3.07. The lowest BCUT2D eigenvalue weighted by Gasteiger charge is -2.32. The van der Waals surface area contributed by atoms with Crippen LogP contribution in [0.3, 0.4) is 0 Å². The molecule has 0 aromatic heterocycles. The number of nitrogens with zero attached hydrogens (tertiary/aromatic N) is 1. The normalized spacial score (nSPS) is 19.5. The number of carbonyl (C=O) groups is 2. The van der Waals surface area contributed by atoms with Crippen molar-refractivity contribution in [2.24, 2.45) is 0 Å². The number of halogens is 1. The Labute approximate surface area is 117 Å². The van der Waals surface area contributed by atoms with E-state index in [1.165, 1.54) is 0 Å². The van der Waals surface area contributed by atoms with Gasteiger partial charge in [-0.2, -0.15) is 0 Å². The zero-order valence-electron chi connectivity index (χ0n) is 11.1. The van der Waals surface area contributed by atoms with Crippen LogP contribution in [-0.2, 0) is 16.1 Å². The molecule has 1 heterocycles. The maximum Gasteiger partial charge on any atom is 0.245 e. The molecule has 1 atom stereocenters. The van der Waals surface area contributed by atoms with Gasteiger partial charge in [0.25, 0.3) is 0 Å². The summed E-state index contributed by atoms with van der Waals surface area (Å²) < 4.78 is 0. The third-order valence-corrected chi connectivity index (χ3v) is 3.61. The number of carbonyl (C=O) groups excluding carboxylic acids is 2. The molecule has 2 amide bonds. The summed E-state index contributed by atoms with van der Waals surface area (Å²) in [6, 6.07) is 5.30. The number of piperazine rings is 1. The number of aryl methyl sites for hydroxylation is 1. The number of hydrogen-bond acceptors (Lipinski definition) is 2. The Bertz CT molecular complexity index is 516. The van der Waals surface area contributed by atoms with Gasteiger partial charge in [-0.25, -0.2) is 0 Å². The van der Waals surface area contributed by atoms with Crippen molar-refractivity contribution in [2.75, 3.05) is 6.54 Å². The number of rotatable bonds is 3. The van der Waals surface area contributed by atoms with Gasteiger partial charge in [-0.3, -0.25) is 9.59 Å². The number of amides is 2. The molecule has 5 heteroatoms. The van der Waals surface area contributed by atoms with Crippen molar-refractivity contribution in [1.82, 2.24) is 10.2 Å². The Morgan fingerprint density at radius 2 is 2.16 bits per heavy atom. The molecule has 1 fully saturated rings. The molecule has 0 radical (unpaired) electrons. The van der Waals surface area contributed by atoms with Crippen molar-refractivity contribution in [1.29, 1.82) is 0 Å². The fraction of sp³-hybridized carbons (Fsp3) is 0.429. The van der Waals surface area contributed by atoms with Crippen molar-refractivity contribution in [3.8, 4) is 0 Å². The van der Waals surface area contributed by atoms with Gasteiger partial charge in [0.1, 0.15) is 6.04 Å². The van der Waals surface area contributed by atoms with Gasteiger partial charge in [-0.05, 0) is 30.5 Å². The minimum absolute atomic E-state index is 0.0428. The summed E-state index contributed by atoms with van der Waals surface area (Å²) in [5.41, 5.74) is 1.94. The van der Waals surface area contributed by atoms with Gasteiger partial charge in [-0.15, -0.1) is 0 Å². The van der Waals surface area contributed by atoms with Crippen molar-refractivity contribution < 1.29 is 9.59 Å². The highest BCUT2D eigenvalue weighted by Gasteiger charge is 2.31. The second-order valence-electron chi connectivity index (χ2n) is 4.82. The van der Waals surface area contributed by atoms with Crippen LogP contribution in [0.15, 0.2) is 18.2 Å². The Hall–Kier alpha value is -1.55. The van der Waals surface area contributed by atoms with Crippen molar-refractivity contribution in [2.45, 2.75) is 32.9 Å². The standard InChI is InChI=1S/C14H17ClN2O2/c1-3-12-14(19)17(8-13(18)16-12)7-10-5-4-9(2)6-11(10)15/h4-6,12H,3,7-8H2,1-2H3,(H,16,18). The first-order chi connectivity index (χ1) is 9.01. The highest BCUT2D eigenvalue weighted by atomic mass is 35.5. The first kappa shape index (κ1) is 13.9. The van der Waals surface area contributed by atoms with Gasteiger partial charge < -0.3 is 10.2 Å². The molecule has 1 aliphatic rings. The molecule has 1 aromatic carbocycles. The molecule has 1 aromatic rings. The van der Waals surface area contributed by atoms with E-state index in [1.807, 2.05) is 32.0 Å². The van der Waals surface area contributed by atoms with E-state index >= 15 is 0 Å². The maximum absolute atomic E-state index is 12.2. The average Bonchev–Trinajstić information content (AvgIpc) is 2.36. The first-order valence-corrected chi connectivity index (χ1v) is 6.72. The summed E-state index contributed by atoms with van der Waals surface area (Å²) >= 11 is 6.16. The molecule has 1 unspecified atom stereocenters. The quantitative estimate of drug-likeness (QED) is 0.919. The summed E-state index contributed by atoms with van der Waals surface area (Å²) in [6.45, 7) is 4.31. The zero-order valence-corrected chi connectivity index (χ0v) is 11.8. The van der Waals surface area contributed by atoms with Crippen LogP contribution in [0.1, 0.15) is 24.5 Å². The summed E-state index contributed by atoms with van der Waals surface area (Å²) in [5, 5.41) is 3.32. The molecule has 0 spiro atoms. The number of hydrogen-bond donors (Lipinski definition) is 1. The number of nitrogens with one attached hydrogen (secondary N) is 1. The topological polar surface area (TPSA) is 49.4 Å². The fourth-order valence-electron chi connectivity index (χ4n) is 2.17. The summed E-state index contributed by atoms with van der Waals surface area (Å²) in [6.07, 6.45) is 0.600. The monoisotopic (exact) mass is 280 g/mol. The Balaban J connectivity index is 2.17. The molecular formula is C14H17ClN2O2. The Morgan fingerprint density at radius 3 is 2.79 bits per heavy atom. The van der Waals surface area contributed by atoms with Crippen LogP contribution in [0.2, 0.25) is 5.02 Å². The van der Waals surface area contributed by atoms with Crippen LogP contribution in [0, 0.1) is 6.92 Å². The molecule has 0 aliphatic carbocycles. The molecule has 2 rings (SSSR count). The van der Waals surface area contributed by atoms with Gasteiger partial charge in [0.05, 0.1) is 6.54 Å². The lowest BCUT2D eigenvalue weighted by molar-refractivity contribution is -0.144. The summed E-state index contributed by atoms with van der Waals surface area (Å²) in [5.74, 6) is -0.159. The van der Waals surface area contributed by atoms with Gasteiger partial charge in [0, 0.05) is 11.6 Å². The Kier molecular flexibility index (Phi) is 4.10. The maximum atomic E-state index is 12.2. The number of benzene rings is 1. The second kappa shape index (κ2) is 5.61. The predicted molar refractivity (Wildman–Crippen MR) is 73.8 cm³/mol. The first-order valence-electron chi connectivity index (χ1n) is 6.34. The zero-order chi connectivity index (χ0) is 14.0. The van der Waals surface area contributed by atoms with E-state index in [0.29, 0.717) is 18.0 Å². The largest absolute Gasteiger partial charge is 0.343 e. The SMILES string of the molecule is CCC1NC(=O)CN(Cc2ccc(C)cc2Cl)C1=O. The Morgan fingerprint density at radius 1 is 1.42 bits per heavy atom. The van der Waals surface area contributed by atoms with Crippen LogP contribution in [0.4, 0.5) is 0 Å². The van der Waals surface area contributed by atoms with E-state index in [9.17, 15) is 9.59 Å². The average molecular weight is 281 g/mol. The molecule has 1 aliphatic heterocycles. The van der Waals surface area contributed by atoms with Crippen LogP contribution < -0.4 is 5.32 Å². The third-order valence-electron chi connectivity index (χ3n) is 3.26. The lowest BCUT2D eigenvalue weighted by Crippen LogP contribution is -2.57. The van der Waals surface area contributed by atoms with Crippen LogP contribution >= 0.6 is 11.6 Å². The minimum Gasteiger partial charge on any atom is -0.343 e. The molecule has 102 valence electrons. The fourth-order valence-corrected chi connectivity index (χ4v) is 2.46. The summed E-state index contributed by atoms with van der Waals surface area (Å²) in [4.78, 5) is 25.3. The van der Waals surface area contributed by atoms with Gasteiger partial charge in [0.15, 0.2) is 0 Å². The van der Waals surface area contributed by atoms with E-state index in [1.54, 1.807) is 4.90 Å². The molecular weight excluding hydrogens is 264 g/mol. The van der Waals surface area contributed by atoms with Gasteiger partial charge in [0.2, 0.25) is 11.8 Å². The second-order valence-corrected chi connectivity index (χ2v) is 5.22. The highest BCUT2D eigenvalue weighted by molar-refractivity contribution is 6.31. The van der Waals surface area contributed by atoms with Gasteiger partial charge in [-0.1, -0.05) is 30.7 Å². The van der Waals surface area contributed by atoms with E-state index in [2.05, 4.69) is 5.32 Å². The van der Waals surface area contributed by atoms with E-state index < -0.39 is 6.04 Å². The van der Waals surface area contributed by atoms with E-state index in [0.717, 1.165) is 11.1 Å². The lowest BCUT2D eigenvalue weighted by atomic mass is 10.1. The van der Waals surface area contributed by atoms with E-state index in [4.69, 9.17) is 11.6 Å². The van der Waals surface area contributed by atoms with Crippen LogP contribution in [0.5, 0.6) is 0 Å². The molecule has 1 N–H and O–H groups in total. The van der Waals surface area contributed by atoms with Crippen LogP contribution in [0.25, 0.3) is 0 Å². The highest BCUT2D eigenvalue weighted by Crippen LogP contribution is 2.20. The van der Waals surface area contributed by atoms with Crippen molar-refractivity contribution in [3.05, 3.63) is 34.3 Å². The van der Waals surface area contributed by atoms with E-state index in [-0.39, 0.29) is 18.4 Å². The molecule has 1 saturated heterocycles. The molecule has 19 heavy (non-hydrogen) atoms. The molecule has 0 saturated carbocycles. The van der Waals surface area contributed by atoms with Crippen LogP contribution in [-0.4, -0.2) is 29.3 Å². The summed E-state index contributed by atoms with van der Waals surface area (Å²) in [7, 11) is 0.